The number of hydrogen-bond acceptors (Lipinski definition) is 7. The first-order chi connectivity index (χ1) is 13.8. The van der Waals surface area contributed by atoms with E-state index in [0.29, 0.717) is 5.56 Å². The Labute approximate surface area is 171 Å². The molecule has 7 heteroatoms. The summed E-state index contributed by atoms with van der Waals surface area (Å²) in [5, 5.41) is 19.6. The fraction of sp³-hybridized carbons (Fsp3) is 0.409. The second kappa shape index (κ2) is 12.2. The molecule has 1 rings (SSSR count). The van der Waals surface area contributed by atoms with E-state index in [0.717, 1.165) is 31.6 Å². The van der Waals surface area contributed by atoms with Crippen LogP contribution in [0, 0.1) is 11.3 Å². The summed E-state index contributed by atoms with van der Waals surface area (Å²) >= 11 is 0. The van der Waals surface area contributed by atoms with Crippen molar-refractivity contribution < 1.29 is 24.2 Å². The van der Waals surface area contributed by atoms with E-state index in [1.54, 1.807) is 18.2 Å². The van der Waals surface area contributed by atoms with Crippen LogP contribution in [0.4, 0.5) is 5.69 Å². The number of phenolic OH excluding ortho intramolecular Hbond substituents is 1. The van der Waals surface area contributed by atoms with Gasteiger partial charge in [-0.1, -0.05) is 20.4 Å². The van der Waals surface area contributed by atoms with E-state index in [1.165, 1.54) is 13.0 Å². The topological polar surface area (TPSA) is 99.9 Å². The standard InChI is InChI=1S/C22H28N2O5/c1-5-9-24(10-6-2)19-8-7-17(20(25)14-19)13-18(15-23)22(27)29-12-11-28-21(26)16(3)4/h7-8,13-14,25H,3,5-6,9-12H2,1-2,4H3/b18-13+. The zero-order valence-electron chi connectivity index (χ0n) is 17.2. The fourth-order valence-corrected chi connectivity index (χ4v) is 2.52. The van der Waals surface area contributed by atoms with Gasteiger partial charge in [-0.05, 0) is 38.0 Å². The Morgan fingerprint density at radius 3 is 2.24 bits per heavy atom. The number of benzene rings is 1. The Morgan fingerprint density at radius 1 is 1.17 bits per heavy atom. The maximum Gasteiger partial charge on any atom is 0.349 e. The highest BCUT2D eigenvalue weighted by molar-refractivity contribution is 5.98. The summed E-state index contributed by atoms with van der Waals surface area (Å²) in [6.45, 7) is 10.5. The molecule has 1 N–H and O–H groups in total. The molecule has 0 atom stereocenters. The van der Waals surface area contributed by atoms with E-state index in [4.69, 9.17) is 9.47 Å². The van der Waals surface area contributed by atoms with Gasteiger partial charge in [-0.15, -0.1) is 0 Å². The first-order valence-corrected chi connectivity index (χ1v) is 9.53. The van der Waals surface area contributed by atoms with Crippen LogP contribution in [0.25, 0.3) is 6.08 Å². The number of rotatable bonds is 11. The van der Waals surface area contributed by atoms with Crippen molar-refractivity contribution in [1.82, 2.24) is 0 Å². The average Bonchev–Trinajstić information content (AvgIpc) is 2.69. The zero-order chi connectivity index (χ0) is 21.8. The van der Waals surface area contributed by atoms with Crippen LogP contribution in [-0.4, -0.2) is 43.3 Å². The number of nitrogens with zero attached hydrogens (tertiary/aromatic N) is 2. The lowest BCUT2D eigenvalue weighted by Crippen LogP contribution is -2.24. The average molecular weight is 400 g/mol. The predicted octanol–water partition coefficient (Wildman–Crippen LogP) is 3.59. The highest BCUT2D eigenvalue weighted by atomic mass is 16.6. The van der Waals surface area contributed by atoms with Crippen molar-refractivity contribution in [3.8, 4) is 11.8 Å². The van der Waals surface area contributed by atoms with Crippen LogP contribution in [0.5, 0.6) is 5.75 Å². The molecular weight excluding hydrogens is 372 g/mol. The van der Waals surface area contributed by atoms with Crippen LogP contribution in [0.15, 0.2) is 35.9 Å². The number of esters is 2. The third kappa shape index (κ3) is 7.70. The maximum atomic E-state index is 12.1. The van der Waals surface area contributed by atoms with Crippen molar-refractivity contribution in [3.05, 3.63) is 41.5 Å². The van der Waals surface area contributed by atoms with Crippen molar-refractivity contribution in [2.45, 2.75) is 33.6 Å². The van der Waals surface area contributed by atoms with Crippen molar-refractivity contribution in [2.75, 3.05) is 31.2 Å². The Hall–Kier alpha value is -3.27. The number of carbonyl (C=O) groups is 2. The summed E-state index contributed by atoms with van der Waals surface area (Å²) in [5.41, 5.74) is 1.19. The second-order valence-electron chi connectivity index (χ2n) is 6.45. The van der Waals surface area contributed by atoms with E-state index < -0.39 is 11.9 Å². The molecule has 0 aliphatic rings. The van der Waals surface area contributed by atoms with Gasteiger partial charge in [-0.3, -0.25) is 0 Å². The molecule has 0 bridgehead atoms. The second-order valence-corrected chi connectivity index (χ2v) is 6.45. The van der Waals surface area contributed by atoms with Gasteiger partial charge < -0.3 is 19.5 Å². The van der Waals surface area contributed by atoms with E-state index in [-0.39, 0.29) is 30.1 Å². The molecule has 29 heavy (non-hydrogen) atoms. The summed E-state index contributed by atoms with van der Waals surface area (Å²) in [7, 11) is 0. The van der Waals surface area contributed by atoms with Crippen LogP contribution in [0.1, 0.15) is 39.2 Å². The Balaban J connectivity index is 2.82. The van der Waals surface area contributed by atoms with Gasteiger partial charge in [0, 0.05) is 36.0 Å². The van der Waals surface area contributed by atoms with Gasteiger partial charge >= 0.3 is 11.9 Å². The molecule has 0 aliphatic heterocycles. The third-order valence-electron chi connectivity index (χ3n) is 3.90. The minimum Gasteiger partial charge on any atom is -0.507 e. The molecule has 0 saturated carbocycles. The van der Waals surface area contributed by atoms with Gasteiger partial charge in [0.05, 0.1) is 0 Å². The molecule has 0 fully saturated rings. The van der Waals surface area contributed by atoms with Crippen LogP contribution in [0.3, 0.4) is 0 Å². The van der Waals surface area contributed by atoms with Crippen LogP contribution in [-0.2, 0) is 19.1 Å². The van der Waals surface area contributed by atoms with Crippen LogP contribution in [0.2, 0.25) is 0 Å². The fourth-order valence-electron chi connectivity index (χ4n) is 2.52. The molecule has 1 aromatic rings. The normalized spacial score (nSPS) is 10.8. The molecular formula is C22H28N2O5. The molecule has 0 amide bonds. The third-order valence-corrected chi connectivity index (χ3v) is 3.90. The van der Waals surface area contributed by atoms with Gasteiger partial charge in [0.15, 0.2) is 0 Å². The summed E-state index contributed by atoms with van der Waals surface area (Å²) < 4.78 is 9.75. The van der Waals surface area contributed by atoms with Crippen molar-refractivity contribution >= 4 is 23.7 Å². The lowest BCUT2D eigenvalue weighted by Gasteiger charge is -2.24. The van der Waals surface area contributed by atoms with Gasteiger partial charge in [0.2, 0.25) is 0 Å². The quantitative estimate of drug-likeness (QED) is 0.262. The van der Waals surface area contributed by atoms with E-state index in [2.05, 4.69) is 25.3 Å². The summed E-state index contributed by atoms with van der Waals surface area (Å²) in [5.74, 6) is -1.47. The van der Waals surface area contributed by atoms with Crippen molar-refractivity contribution in [1.29, 1.82) is 5.26 Å². The van der Waals surface area contributed by atoms with Crippen LogP contribution >= 0.6 is 0 Å². The molecule has 0 aliphatic carbocycles. The minimum absolute atomic E-state index is 0.0318. The van der Waals surface area contributed by atoms with Gasteiger partial charge in [0.1, 0.15) is 30.6 Å². The van der Waals surface area contributed by atoms with Crippen molar-refractivity contribution in [2.24, 2.45) is 0 Å². The molecule has 156 valence electrons. The van der Waals surface area contributed by atoms with Gasteiger partial charge in [0.25, 0.3) is 0 Å². The highest BCUT2D eigenvalue weighted by Crippen LogP contribution is 2.27. The largest absolute Gasteiger partial charge is 0.507 e. The number of aromatic hydroxyl groups is 1. The van der Waals surface area contributed by atoms with Crippen molar-refractivity contribution in [3.63, 3.8) is 0 Å². The molecule has 0 radical (unpaired) electrons. The van der Waals surface area contributed by atoms with Gasteiger partial charge in [-0.2, -0.15) is 5.26 Å². The van der Waals surface area contributed by atoms with Gasteiger partial charge in [-0.25, -0.2) is 9.59 Å². The first kappa shape index (κ1) is 23.8. The predicted molar refractivity (Wildman–Crippen MR) is 111 cm³/mol. The molecule has 1 aromatic carbocycles. The SMILES string of the molecule is C=C(C)C(=O)OCCOC(=O)/C(C#N)=C/c1ccc(N(CCC)CCC)cc1O. The molecule has 0 saturated heterocycles. The lowest BCUT2D eigenvalue weighted by atomic mass is 10.1. The van der Waals surface area contributed by atoms with E-state index >= 15 is 0 Å². The van der Waals surface area contributed by atoms with E-state index in [9.17, 15) is 20.0 Å². The number of anilines is 1. The number of phenols is 1. The lowest BCUT2D eigenvalue weighted by molar-refractivity contribution is -0.147. The molecule has 0 aromatic heterocycles. The smallest absolute Gasteiger partial charge is 0.349 e. The number of hydrogen-bond donors (Lipinski definition) is 1. The number of ether oxygens (including phenoxy) is 2. The molecule has 0 unspecified atom stereocenters. The summed E-state index contributed by atoms with van der Waals surface area (Å²) in [4.78, 5) is 25.5. The van der Waals surface area contributed by atoms with E-state index in [1.807, 2.05) is 6.07 Å². The Bertz CT molecular complexity index is 802. The molecule has 0 spiro atoms. The molecule has 0 heterocycles. The molecule has 7 nitrogen and oxygen atoms in total. The minimum atomic E-state index is -0.860. The Morgan fingerprint density at radius 2 is 1.76 bits per heavy atom. The highest BCUT2D eigenvalue weighted by Gasteiger charge is 2.14. The Kier molecular flexibility index (Phi) is 10.0. The number of nitriles is 1. The van der Waals surface area contributed by atoms with Crippen LogP contribution < -0.4 is 4.90 Å². The maximum absolute atomic E-state index is 12.1. The summed E-state index contributed by atoms with van der Waals surface area (Å²) in [6.07, 6.45) is 3.23. The first-order valence-electron chi connectivity index (χ1n) is 9.53. The zero-order valence-corrected chi connectivity index (χ0v) is 17.2. The number of carbonyl (C=O) groups excluding carboxylic acids is 2. The monoisotopic (exact) mass is 400 g/mol. The summed E-state index contributed by atoms with van der Waals surface area (Å²) in [6, 6.07) is 6.88.